The maximum absolute atomic E-state index is 11.9. The molecule has 137 heavy (non-hydrogen) atoms. The maximum Gasteiger partial charge on any atom is 0.162 e. The lowest BCUT2D eigenvalue weighted by atomic mass is 9.85. The smallest absolute Gasteiger partial charge is 0.162 e. The van der Waals surface area contributed by atoms with Crippen LogP contribution in [-0.4, -0.2) is 116 Å². The van der Waals surface area contributed by atoms with E-state index >= 15 is 0 Å². The number of carbonyl (C=O) groups is 1. The third-order valence-corrected chi connectivity index (χ3v) is 28.1. The summed E-state index contributed by atoms with van der Waals surface area (Å²) in [5.41, 5.74) is 7.76. The molecule has 10 N–H and O–H groups in total. The first kappa shape index (κ1) is 125. The monoisotopic (exact) mass is 1940 g/mol. The van der Waals surface area contributed by atoms with Crippen LogP contribution in [0.2, 0.25) is 0 Å². The fraction of sp³-hybridized carbons (Fsp3) is 0.642. The van der Waals surface area contributed by atoms with Gasteiger partial charge in [-0.25, -0.2) is 0 Å². The van der Waals surface area contributed by atoms with Gasteiger partial charge in [0.25, 0.3) is 0 Å². The summed E-state index contributed by atoms with van der Waals surface area (Å²) in [5, 5.41) is 88.3. The zero-order valence-electron chi connectivity index (χ0n) is 88.5. The SMILES string of the molecule is CCCC(=O)c1cccc(OCC(CCC)CCC)c1.CCCC(CCC)CNc1cccc(C(O)CCC)c1.CCCC(CCC)CSc1cccc(C(O)CCC)c1.CCCC(O)c1cccc(NCC2CCCC2)c1.CCCC(O)c1cccc(OCC2(O)CCCCC2)c1.CCCC(O)c1cccc(OCCCCOC)c1.CCCC(O)c1cccc(SCC(O)(CCC)CCC)c1. The van der Waals surface area contributed by atoms with Crippen molar-refractivity contribution in [2.45, 2.75) is 425 Å². The van der Waals surface area contributed by atoms with Gasteiger partial charge in [-0.1, -0.05) is 311 Å². The summed E-state index contributed by atoms with van der Waals surface area (Å²) < 4.78 is 22.3. The van der Waals surface area contributed by atoms with Crippen molar-refractivity contribution >= 4 is 40.7 Å². The molecular weight excluding hydrogens is 1740 g/mol. The standard InChI is InChI=1S/C18H31NO.C18H30O2S.C18H28O2.C18H30OS.C17H26O3.C16H25NO.C15H24O3/c1-4-8-15(9-5-2)14-19-17-12-7-11-16(13-17)18(20)10-6-3;1-4-8-17(19)15-9-7-10-16(13-15)21-14-18(20,11-5-2)12-6-3;2*1-4-8-15(9-5-2)14-20-17-12-7-11-16(13-17)18(19)10-6-3;1-2-7-16(18)14-8-6-9-15(12-14)20-13-17(19)10-4-3-5-11-17;1-2-6-16(18)14-9-5-10-15(11-14)17-12-13-7-3-4-8-13;1-3-7-15(16)13-8-6-9-14(12-13)18-11-5-4-10-17-2/h7,11-13,15,18-20H,4-6,8-10,14H2,1-3H3;7,9-10,13,17,19-20H,4-6,8,11-12,14H2,1-3H3;7,11-13,15H,4-6,8-10,14H2,1-3H3;7,11-13,15,18-19H,4-6,8-10,14H2,1-3H3;6,8-9,12,16,18-19H,2-5,7,10-11,13H2,1H3;5,9-11,13,16-18H,2-4,6-8,12H2,1H3;6,8-9,12,15-16H,3-5,7,10-11H2,1-2H3. The molecule has 6 unspecified atom stereocenters. The summed E-state index contributed by atoms with van der Waals surface area (Å²) in [6.07, 6.45) is 41.5. The number of thioether (sulfide) groups is 2. The molecule has 6 atom stereocenters. The average molecular weight is 1940 g/mol. The van der Waals surface area contributed by atoms with Crippen LogP contribution >= 0.6 is 23.5 Å². The number of benzene rings is 7. The minimum Gasteiger partial charge on any atom is -0.494 e. The minimum atomic E-state index is -0.670. The van der Waals surface area contributed by atoms with E-state index in [-0.39, 0.29) is 36.3 Å². The molecule has 0 aliphatic heterocycles. The second kappa shape index (κ2) is 78.1. The number of anilines is 2. The first-order chi connectivity index (χ1) is 66.4. The number of Topliss-reactive ketones (excluding diaryl/α,β-unsaturated/α-hetero) is 1. The molecule has 0 radical (unpaired) electrons. The highest BCUT2D eigenvalue weighted by atomic mass is 32.2. The van der Waals surface area contributed by atoms with Gasteiger partial charge in [-0.15, -0.1) is 23.5 Å². The van der Waals surface area contributed by atoms with E-state index in [1.54, 1.807) is 18.9 Å². The summed E-state index contributed by atoms with van der Waals surface area (Å²) >= 11 is 3.64. The lowest BCUT2D eigenvalue weighted by molar-refractivity contribution is -0.0339. The van der Waals surface area contributed by atoms with Gasteiger partial charge in [-0.3, -0.25) is 4.79 Å². The molecule has 7 aromatic rings. The molecular formula is C120H194N2O13S2. The van der Waals surface area contributed by atoms with Crippen molar-refractivity contribution in [3.8, 4) is 17.2 Å². The van der Waals surface area contributed by atoms with Crippen molar-refractivity contribution in [2.75, 3.05) is 68.8 Å². The van der Waals surface area contributed by atoms with E-state index in [4.69, 9.17) is 18.9 Å². The van der Waals surface area contributed by atoms with Gasteiger partial charge < -0.3 is 70.4 Å². The number of aliphatic hydroxyl groups excluding tert-OH is 6. The number of aliphatic hydroxyl groups is 8. The van der Waals surface area contributed by atoms with E-state index in [0.717, 1.165) is 270 Å². The molecule has 0 spiro atoms. The van der Waals surface area contributed by atoms with Gasteiger partial charge in [0.1, 0.15) is 23.9 Å². The first-order valence-corrected chi connectivity index (χ1v) is 56.2. The zero-order valence-corrected chi connectivity index (χ0v) is 90.2. The molecule has 0 heterocycles. The molecule has 0 saturated heterocycles. The van der Waals surface area contributed by atoms with Gasteiger partial charge in [0.05, 0.1) is 61.0 Å². The third kappa shape index (κ3) is 55.7. The summed E-state index contributed by atoms with van der Waals surface area (Å²) in [6, 6.07) is 55.9. The molecule has 0 aromatic heterocycles. The van der Waals surface area contributed by atoms with Crippen molar-refractivity contribution in [3.05, 3.63) is 209 Å². The number of ketones is 1. The van der Waals surface area contributed by atoms with Crippen LogP contribution in [0.3, 0.4) is 0 Å². The molecule has 17 heteroatoms. The Hall–Kier alpha value is -6.45. The molecule has 774 valence electrons. The Balaban J connectivity index is 0.000000412. The fourth-order valence-electron chi connectivity index (χ4n) is 17.8. The van der Waals surface area contributed by atoms with Gasteiger partial charge >= 0.3 is 0 Å². The van der Waals surface area contributed by atoms with Crippen LogP contribution in [0.1, 0.15) is 447 Å². The molecule has 9 rings (SSSR count). The van der Waals surface area contributed by atoms with E-state index in [1.807, 2.05) is 134 Å². The van der Waals surface area contributed by atoms with Crippen LogP contribution in [0, 0.1) is 23.7 Å². The van der Waals surface area contributed by atoms with Crippen molar-refractivity contribution in [3.63, 3.8) is 0 Å². The maximum atomic E-state index is 11.9. The van der Waals surface area contributed by atoms with Gasteiger partial charge in [-0.2, -0.15) is 0 Å². The van der Waals surface area contributed by atoms with E-state index in [0.29, 0.717) is 25.6 Å². The van der Waals surface area contributed by atoms with Gasteiger partial charge in [0, 0.05) is 71.5 Å². The van der Waals surface area contributed by atoms with Crippen molar-refractivity contribution < 1.29 is 64.6 Å². The number of ether oxygens (including phenoxy) is 4. The number of nitrogens with one attached hydrogen (secondary N) is 2. The average Bonchev–Trinajstić information content (AvgIpc) is 1.31. The second-order valence-corrected chi connectivity index (χ2v) is 40.7. The summed E-state index contributed by atoms with van der Waals surface area (Å²) in [6.45, 7) is 37.0. The molecule has 2 aliphatic carbocycles. The molecule has 0 amide bonds. The van der Waals surface area contributed by atoms with Crippen molar-refractivity contribution in [1.29, 1.82) is 0 Å². The van der Waals surface area contributed by atoms with Gasteiger partial charge in [0.15, 0.2) is 5.78 Å². The van der Waals surface area contributed by atoms with E-state index in [9.17, 15) is 45.6 Å². The highest BCUT2D eigenvalue weighted by molar-refractivity contribution is 7.99. The molecule has 0 bridgehead atoms. The first-order valence-electron chi connectivity index (χ1n) is 54.2. The Morgan fingerprint density at radius 3 is 1.21 bits per heavy atom. The number of unbranched alkanes of at least 4 members (excludes halogenated alkanes) is 1. The number of methoxy groups -OCH3 is 1. The normalized spacial score (nSPS) is 14.2. The number of hydrogen-bond donors (Lipinski definition) is 10. The molecule has 7 aromatic carbocycles. The van der Waals surface area contributed by atoms with E-state index in [1.165, 1.54) is 120 Å². The lowest BCUT2D eigenvalue weighted by Crippen LogP contribution is -2.37. The Morgan fingerprint density at radius 1 is 0.394 bits per heavy atom. The highest BCUT2D eigenvalue weighted by Crippen LogP contribution is 2.36. The van der Waals surface area contributed by atoms with Crippen molar-refractivity contribution in [1.82, 2.24) is 0 Å². The Morgan fingerprint density at radius 2 is 0.774 bits per heavy atom. The van der Waals surface area contributed by atoms with Gasteiger partial charge in [-0.05, 0) is 277 Å². The lowest BCUT2D eigenvalue weighted by Gasteiger charge is -2.31. The summed E-state index contributed by atoms with van der Waals surface area (Å²) in [7, 11) is 1.71. The quantitative estimate of drug-likeness (QED) is 0.00969. The predicted molar refractivity (Wildman–Crippen MR) is 584 cm³/mol. The zero-order chi connectivity index (χ0) is 101. The summed E-state index contributed by atoms with van der Waals surface area (Å²) in [5.74, 6) is 7.58. The minimum absolute atomic E-state index is 0.205. The Bertz CT molecular complexity index is 3980. The van der Waals surface area contributed by atoms with Crippen LogP contribution < -0.4 is 24.8 Å². The van der Waals surface area contributed by atoms with Gasteiger partial charge in [0.2, 0.25) is 0 Å². The highest BCUT2D eigenvalue weighted by Gasteiger charge is 2.31. The largest absolute Gasteiger partial charge is 0.494 e. The topological polar surface area (TPSA) is 240 Å². The predicted octanol–water partition coefficient (Wildman–Crippen LogP) is 32.2. The Labute approximate surface area is 843 Å². The van der Waals surface area contributed by atoms with Crippen LogP contribution in [0.25, 0.3) is 0 Å². The molecule has 15 nitrogen and oxygen atoms in total. The fourth-order valence-corrected chi connectivity index (χ4v) is 20.1. The molecule has 2 aliphatic rings. The molecule has 2 saturated carbocycles. The number of carbonyl (C=O) groups excluding carboxylic acids is 1. The summed E-state index contributed by atoms with van der Waals surface area (Å²) in [4.78, 5) is 14.3. The Kier molecular flexibility index (Phi) is 71.1. The third-order valence-electron chi connectivity index (χ3n) is 25.6. The molecule has 2 fully saturated rings. The van der Waals surface area contributed by atoms with E-state index in [2.05, 4.69) is 162 Å². The second-order valence-electron chi connectivity index (χ2n) is 38.6. The number of hydrogen-bond acceptors (Lipinski definition) is 17. The van der Waals surface area contributed by atoms with E-state index < -0.39 is 17.3 Å². The van der Waals surface area contributed by atoms with Crippen LogP contribution in [0.5, 0.6) is 17.2 Å². The van der Waals surface area contributed by atoms with Crippen LogP contribution in [0.4, 0.5) is 11.4 Å². The van der Waals surface area contributed by atoms with Crippen LogP contribution in [0.15, 0.2) is 180 Å². The van der Waals surface area contributed by atoms with Crippen LogP contribution in [-0.2, 0) is 4.74 Å². The van der Waals surface area contributed by atoms with Crippen molar-refractivity contribution in [2.24, 2.45) is 23.7 Å². The number of rotatable bonds is 61.